The Morgan fingerprint density at radius 1 is 1.29 bits per heavy atom. The van der Waals surface area contributed by atoms with Gasteiger partial charge in [0.25, 0.3) is 0 Å². The first-order chi connectivity index (χ1) is 11.3. The summed E-state index contributed by atoms with van der Waals surface area (Å²) in [5, 5.41) is 2.75. The van der Waals surface area contributed by atoms with Gasteiger partial charge in [-0.15, -0.1) is 0 Å². The van der Waals surface area contributed by atoms with Crippen molar-refractivity contribution in [2.75, 3.05) is 19.6 Å². The van der Waals surface area contributed by atoms with Crippen molar-refractivity contribution in [3.63, 3.8) is 0 Å². The average Bonchev–Trinajstić information content (AvgIpc) is 2.89. The first kappa shape index (κ1) is 16.8. The summed E-state index contributed by atoms with van der Waals surface area (Å²) in [6.45, 7) is 1.54. The van der Waals surface area contributed by atoms with E-state index in [1.165, 1.54) is 25.1 Å². The summed E-state index contributed by atoms with van der Waals surface area (Å²) < 4.78 is 40.2. The maximum atomic E-state index is 13.9. The molecule has 0 spiro atoms. The Kier molecular flexibility index (Phi) is 4.31. The molecule has 130 valence electrons. The third-order valence-electron chi connectivity index (χ3n) is 4.32. The quantitative estimate of drug-likeness (QED) is 0.823. The summed E-state index contributed by atoms with van der Waals surface area (Å²) in [5.74, 6) is -1.36. The summed E-state index contributed by atoms with van der Waals surface area (Å²) in [7, 11) is -4.08. The van der Waals surface area contributed by atoms with Gasteiger partial charge in [-0.3, -0.25) is 9.59 Å². The number of piperazine rings is 1. The summed E-state index contributed by atoms with van der Waals surface area (Å²) in [6, 6.07) is 4.61. The normalized spacial score (nSPS) is 24.8. The lowest BCUT2D eigenvalue weighted by Crippen LogP contribution is -2.55. The molecule has 0 radical (unpaired) electrons. The maximum Gasteiger partial charge on any atom is 0.246 e. The summed E-state index contributed by atoms with van der Waals surface area (Å²) in [5.41, 5.74) is 0. The van der Waals surface area contributed by atoms with E-state index in [0.29, 0.717) is 13.0 Å². The molecule has 3 rings (SSSR count). The van der Waals surface area contributed by atoms with Gasteiger partial charge in [0.1, 0.15) is 10.7 Å². The van der Waals surface area contributed by atoms with Crippen LogP contribution >= 0.6 is 0 Å². The van der Waals surface area contributed by atoms with Gasteiger partial charge in [-0.05, 0) is 18.6 Å². The molecule has 2 saturated heterocycles. The molecular weight excluding hydrogens is 337 g/mol. The average molecular weight is 355 g/mol. The largest absolute Gasteiger partial charge is 0.352 e. The molecule has 2 heterocycles. The number of halogens is 1. The van der Waals surface area contributed by atoms with E-state index in [4.69, 9.17) is 0 Å². The van der Waals surface area contributed by atoms with E-state index < -0.39 is 20.7 Å². The Morgan fingerprint density at radius 2 is 2.00 bits per heavy atom. The molecule has 24 heavy (non-hydrogen) atoms. The van der Waals surface area contributed by atoms with Crippen LogP contribution in [-0.4, -0.2) is 61.2 Å². The number of carbonyl (C=O) groups excluding carboxylic acids is 2. The van der Waals surface area contributed by atoms with Gasteiger partial charge < -0.3 is 10.2 Å². The van der Waals surface area contributed by atoms with Crippen LogP contribution in [0.1, 0.15) is 13.3 Å². The molecule has 2 fully saturated rings. The van der Waals surface area contributed by atoms with E-state index in [-0.39, 0.29) is 37.0 Å². The van der Waals surface area contributed by atoms with Gasteiger partial charge in [0.05, 0.1) is 6.54 Å². The molecule has 0 saturated carbocycles. The van der Waals surface area contributed by atoms with Gasteiger partial charge in [0.15, 0.2) is 0 Å². The monoisotopic (exact) mass is 355 g/mol. The predicted octanol–water partition coefficient (Wildman–Crippen LogP) is -0.0644. The van der Waals surface area contributed by atoms with E-state index in [2.05, 4.69) is 5.32 Å². The molecule has 2 amide bonds. The van der Waals surface area contributed by atoms with Crippen LogP contribution in [0.2, 0.25) is 0 Å². The Hall–Kier alpha value is -2.00. The van der Waals surface area contributed by atoms with Gasteiger partial charge >= 0.3 is 0 Å². The number of nitrogens with zero attached hydrogens (tertiary/aromatic N) is 2. The molecule has 2 atom stereocenters. The SMILES string of the molecule is CC(=O)N[C@H]1C[C@H]2CN(S(=O)(=O)c3ccccc3F)CC(=O)N2C1. The minimum absolute atomic E-state index is 0.0957. The number of benzene rings is 1. The van der Waals surface area contributed by atoms with Gasteiger partial charge in [-0.1, -0.05) is 12.1 Å². The van der Waals surface area contributed by atoms with Crippen molar-refractivity contribution < 1.29 is 22.4 Å². The number of amides is 2. The highest BCUT2D eigenvalue weighted by atomic mass is 32.2. The van der Waals surface area contributed by atoms with E-state index in [9.17, 15) is 22.4 Å². The number of nitrogens with one attached hydrogen (secondary N) is 1. The first-order valence-corrected chi connectivity index (χ1v) is 9.04. The summed E-state index contributed by atoms with van der Waals surface area (Å²) >= 11 is 0. The van der Waals surface area contributed by atoms with Crippen LogP contribution in [-0.2, 0) is 19.6 Å². The summed E-state index contributed by atoms with van der Waals surface area (Å²) in [4.78, 5) is 24.6. The van der Waals surface area contributed by atoms with Crippen LogP contribution in [0.4, 0.5) is 4.39 Å². The molecule has 2 aliphatic rings. The smallest absolute Gasteiger partial charge is 0.246 e. The van der Waals surface area contributed by atoms with Crippen LogP contribution in [0.25, 0.3) is 0 Å². The highest BCUT2D eigenvalue weighted by Gasteiger charge is 2.44. The van der Waals surface area contributed by atoms with Gasteiger partial charge in [-0.25, -0.2) is 12.8 Å². The fourth-order valence-corrected chi connectivity index (χ4v) is 4.80. The predicted molar refractivity (Wildman–Crippen MR) is 82.9 cm³/mol. The Morgan fingerprint density at radius 3 is 2.67 bits per heavy atom. The van der Waals surface area contributed by atoms with Crippen LogP contribution in [0.3, 0.4) is 0 Å². The van der Waals surface area contributed by atoms with Crippen LogP contribution in [0.5, 0.6) is 0 Å². The van der Waals surface area contributed by atoms with Crippen molar-refractivity contribution in [2.45, 2.75) is 30.3 Å². The zero-order valence-electron chi connectivity index (χ0n) is 13.1. The number of carbonyl (C=O) groups is 2. The van der Waals surface area contributed by atoms with Gasteiger partial charge in [-0.2, -0.15) is 4.31 Å². The molecular formula is C15H18FN3O4S. The topological polar surface area (TPSA) is 86.8 Å². The van der Waals surface area contributed by atoms with E-state index >= 15 is 0 Å². The molecule has 1 aromatic rings. The second-order valence-corrected chi connectivity index (χ2v) is 7.97. The van der Waals surface area contributed by atoms with Crippen molar-refractivity contribution in [1.29, 1.82) is 0 Å². The van der Waals surface area contributed by atoms with Gasteiger partial charge in [0, 0.05) is 32.1 Å². The zero-order chi connectivity index (χ0) is 17.5. The highest BCUT2D eigenvalue weighted by molar-refractivity contribution is 7.89. The molecule has 9 heteroatoms. The van der Waals surface area contributed by atoms with Crippen molar-refractivity contribution in [3.8, 4) is 0 Å². The van der Waals surface area contributed by atoms with Crippen molar-refractivity contribution >= 4 is 21.8 Å². The molecule has 0 aliphatic carbocycles. The first-order valence-electron chi connectivity index (χ1n) is 7.60. The second kappa shape index (κ2) is 6.14. The summed E-state index contributed by atoms with van der Waals surface area (Å²) in [6.07, 6.45) is 0.481. The van der Waals surface area contributed by atoms with E-state index in [1.807, 2.05) is 0 Å². The fourth-order valence-electron chi connectivity index (χ4n) is 3.30. The Labute approximate surface area is 139 Å². The lowest BCUT2D eigenvalue weighted by Gasteiger charge is -2.36. The minimum atomic E-state index is -4.08. The number of fused-ring (bicyclic) bond motifs is 1. The number of hydrogen-bond donors (Lipinski definition) is 1. The zero-order valence-corrected chi connectivity index (χ0v) is 13.9. The minimum Gasteiger partial charge on any atom is -0.352 e. The van der Waals surface area contributed by atoms with E-state index in [1.54, 1.807) is 4.90 Å². The van der Waals surface area contributed by atoms with Crippen molar-refractivity contribution in [3.05, 3.63) is 30.1 Å². The Balaban J connectivity index is 1.82. The molecule has 2 aliphatic heterocycles. The van der Waals surface area contributed by atoms with E-state index in [0.717, 1.165) is 10.4 Å². The molecule has 1 N–H and O–H groups in total. The third kappa shape index (κ3) is 3.01. The standard InChI is InChI=1S/C15H18FN3O4S/c1-10(20)17-11-6-12-8-18(9-15(21)19(12)7-11)24(22,23)14-5-3-2-4-13(14)16/h2-5,11-12H,6-9H2,1H3,(H,17,20)/t11-,12-/m0/s1. The van der Waals surface area contributed by atoms with Crippen LogP contribution < -0.4 is 5.32 Å². The lowest BCUT2D eigenvalue weighted by atomic mass is 10.1. The molecule has 1 aromatic carbocycles. The third-order valence-corrected chi connectivity index (χ3v) is 6.17. The Bertz CT molecular complexity index is 783. The van der Waals surface area contributed by atoms with Crippen LogP contribution in [0, 0.1) is 5.82 Å². The molecule has 0 bridgehead atoms. The lowest BCUT2D eigenvalue weighted by molar-refractivity contribution is -0.135. The van der Waals surface area contributed by atoms with Gasteiger partial charge in [0.2, 0.25) is 21.8 Å². The maximum absolute atomic E-state index is 13.9. The second-order valence-electron chi connectivity index (χ2n) is 6.06. The molecule has 0 unspecified atom stereocenters. The molecule has 0 aromatic heterocycles. The number of rotatable bonds is 3. The van der Waals surface area contributed by atoms with Crippen molar-refractivity contribution in [2.24, 2.45) is 0 Å². The molecule has 7 nitrogen and oxygen atoms in total. The number of sulfonamides is 1. The van der Waals surface area contributed by atoms with Crippen LogP contribution in [0.15, 0.2) is 29.2 Å². The fraction of sp³-hybridized carbons (Fsp3) is 0.467. The van der Waals surface area contributed by atoms with Crippen molar-refractivity contribution in [1.82, 2.24) is 14.5 Å². The number of hydrogen-bond acceptors (Lipinski definition) is 4. The highest BCUT2D eigenvalue weighted by Crippen LogP contribution is 2.27.